The summed E-state index contributed by atoms with van der Waals surface area (Å²) < 4.78 is 26.1. The molecule has 1 amide bonds. The number of rotatable bonds is 1. The quantitative estimate of drug-likeness (QED) is 0.656. The Kier molecular flexibility index (Phi) is 2.22. The average molecular weight is 211 g/mol. The Balaban J connectivity index is 2.43. The highest BCUT2D eigenvalue weighted by Gasteiger charge is 2.32. The topological polar surface area (TPSA) is 37.4 Å². The smallest absolute Gasteiger partial charge is 0.294 e. The van der Waals surface area contributed by atoms with Gasteiger partial charge in [-0.2, -0.15) is 0 Å². The minimum atomic E-state index is -1.10. The highest BCUT2D eigenvalue weighted by Crippen LogP contribution is 2.24. The molecule has 1 aliphatic rings. The Morgan fingerprint density at radius 1 is 1.20 bits per heavy atom. The molecule has 0 unspecified atom stereocenters. The zero-order chi connectivity index (χ0) is 11.0. The van der Waals surface area contributed by atoms with E-state index in [2.05, 4.69) is 0 Å². The van der Waals surface area contributed by atoms with Crippen molar-refractivity contribution in [2.45, 2.75) is 6.42 Å². The van der Waals surface area contributed by atoms with E-state index in [9.17, 15) is 18.4 Å². The predicted octanol–water partition coefficient (Wildman–Crippen LogP) is 1.27. The highest BCUT2D eigenvalue weighted by atomic mass is 19.2. The molecule has 0 atom stereocenters. The summed E-state index contributed by atoms with van der Waals surface area (Å²) >= 11 is 0. The summed E-state index contributed by atoms with van der Waals surface area (Å²) in [7, 11) is 0. The number of hydrogen-bond donors (Lipinski definition) is 0. The van der Waals surface area contributed by atoms with E-state index >= 15 is 0 Å². The summed E-state index contributed by atoms with van der Waals surface area (Å²) in [6.07, 6.45) is 0.0504. The van der Waals surface area contributed by atoms with E-state index in [1.165, 1.54) is 12.1 Å². The van der Waals surface area contributed by atoms with Crippen LogP contribution in [0.3, 0.4) is 0 Å². The third kappa shape index (κ3) is 1.49. The second kappa shape index (κ2) is 3.42. The van der Waals surface area contributed by atoms with E-state index in [1.807, 2.05) is 0 Å². The Morgan fingerprint density at radius 2 is 1.93 bits per heavy atom. The zero-order valence-corrected chi connectivity index (χ0v) is 7.67. The van der Waals surface area contributed by atoms with Crippen molar-refractivity contribution in [3.8, 4) is 0 Å². The van der Waals surface area contributed by atoms with Crippen LogP contribution in [0.4, 0.5) is 14.5 Å². The van der Waals surface area contributed by atoms with Gasteiger partial charge in [-0.15, -0.1) is 0 Å². The summed E-state index contributed by atoms with van der Waals surface area (Å²) in [4.78, 5) is 23.2. The van der Waals surface area contributed by atoms with Gasteiger partial charge in [0.15, 0.2) is 11.6 Å². The molecule has 1 aromatic carbocycles. The van der Waals surface area contributed by atoms with Gasteiger partial charge in [-0.1, -0.05) is 6.07 Å². The molecule has 2 rings (SSSR count). The first-order chi connectivity index (χ1) is 7.11. The SMILES string of the molecule is O=C1CCN(c2cccc(F)c2F)C1=O. The number of benzene rings is 1. The Morgan fingerprint density at radius 3 is 2.53 bits per heavy atom. The van der Waals surface area contributed by atoms with Crippen LogP contribution in [0.5, 0.6) is 0 Å². The Labute approximate surface area is 84.3 Å². The van der Waals surface area contributed by atoms with Crippen molar-refractivity contribution in [1.82, 2.24) is 0 Å². The van der Waals surface area contributed by atoms with Crippen LogP contribution in [0, 0.1) is 11.6 Å². The van der Waals surface area contributed by atoms with Crippen LogP contribution in [0.2, 0.25) is 0 Å². The first-order valence-electron chi connectivity index (χ1n) is 4.40. The van der Waals surface area contributed by atoms with Gasteiger partial charge >= 0.3 is 0 Å². The van der Waals surface area contributed by atoms with Gasteiger partial charge in [0, 0.05) is 13.0 Å². The molecule has 1 fully saturated rings. The third-order valence-corrected chi connectivity index (χ3v) is 2.27. The van der Waals surface area contributed by atoms with Crippen LogP contribution >= 0.6 is 0 Å². The van der Waals surface area contributed by atoms with Crippen molar-refractivity contribution in [2.24, 2.45) is 0 Å². The van der Waals surface area contributed by atoms with Gasteiger partial charge in [0.05, 0.1) is 5.69 Å². The second-order valence-corrected chi connectivity index (χ2v) is 3.20. The number of carbonyl (C=O) groups is 2. The molecule has 78 valence electrons. The molecule has 1 aliphatic heterocycles. The largest absolute Gasteiger partial charge is 0.302 e. The van der Waals surface area contributed by atoms with E-state index < -0.39 is 23.3 Å². The highest BCUT2D eigenvalue weighted by molar-refractivity contribution is 6.43. The number of Topliss-reactive ketones (excluding diaryl/α,β-unsaturated/α-hetero) is 1. The fourth-order valence-electron chi connectivity index (χ4n) is 1.50. The molecule has 1 saturated heterocycles. The summed E-state index contributed by atoms with van der Waals surface area (Å²) in [5, 5.41) is 0. The molecule has 0 aromatic heterocycles. The second-order valence-electron chi connectivity index (χ2n) is 3.20. The van der Waals surface area contributed by atoms with Gasteiger partial charge in [0.25, 0.3) is 5.91 Å². The maximum atomic E-state index is 13.3. The van der Waals surface area contributed by atoms with Crippen LogP contribution in [0.25, 0.3) is 0 Å². The van der Waals surface area contributed by atoms with Crippen molar-refractivity contribution in [3.63, 3.8) is 0 Å². The molecule has 1 aromatic rings. The Hall–Kier alpha value is -1.78. The van der Waals surface area contributed by atoms with Gasteiger partial charge in [0.1, 0.15) is 0 Å². The molecule has 0 aliphatic carbocycles. The monoisotopic (exact) mass is 211 g/mol. The summed E-state index contributed by atoms with van der Waals surface area (Å²) in [5.41, 5.74) is -0.175. The number of halogens is 2. The zero-order valence-electron chi connectivity index (χ0n) is 7.67. The van der Waals surface area contributed by atoms with Crippen molar-refractivity contribution in [1.29, 1.82) is 0 Å². The van der Waals surface area contributed by atoms with Crippen LogP contribution in [-0.2, 0) is 9.59 Å². The first-order valence-corrected chi connectivity index (χ1v) is 4.40. The van der Waals surface area contributed by atoms with Gasteiger partial charge in [-0.3, -0.25) is 9.59 Å². The first kappa shape index (κ1) is 9.76. The lowest BCUT2D eigenvalue weighted by Gasteiger charge is -2.15. The van der Waals surface area contributed by atoms with Gasteiger partial charge < -0.3 is 4.90 Å². The van der Waals surface area contributed by atoms with E-state index in [4.69, 9.17) is 0 Å². The standard InChI is InChI=1S/C10H7F2NO2/c11-6-2-1-3-7(9(6)12)13-5-4-8(14)10(13)15/h1-3H,4-5H2. The molecule has 15 heavy (non-hydrogen) atoms. The minimum Gasteiger partial charge on any atom is -0.302 e. The average Bonchev–Trinajstić information content (AvgIpc) is 2.53. The third-order valence-electron chi connectivity index (χ3n) is 2.27. The molecule has 1 heterocycles. The lowest BCUT2D eigenvalue weighted by atomic mass is 10.2. The van der Waals surface area contributed by atoms with Gasteiger partial charge in [0.2, 0.25) is 5.78 Å². The molecular weight excluding hydrogens is 204 g/mol. The number of amides is 1. The van der Waals surface area contributed by atoms with E-state index in [-0.39, 0.29) is 18.7 Å². The minimum absolute atomic E-state index is 0.0504. The van der Waals surface area contributed by atoms with E-state index in [1.54, 1.807) is 0 Å². The maximum absolute atomic E-state index is 13.3. The molecular formula is C10H7F2NO2. The number of ketones is 1. The van der Waals surface area contributed by atoms with Crippen LogP contribution in [0.1, 0.15) is 6.42 Å². The fraction of sp³-hybridized carbons (Fsp3) is 0.200. The number of hydrogen-bond acceptors (Lipinski definition) is 2. The van der Waals surface area contributed by atoms with Crippen LogP contribution in [-0.4, -0.2) is 18.2 Å². The van der Waals surface area contributed by atoms with Crippen LogP contribution in [0.15, 0.2) is 18.2 Å². The maximum Gasteiger partial charge on any atom is 0.294 e. The lowest BCUT2D eigenvalue weighted by molar-refractivity contribution is -0.133. The number of carbonyl (C=O) groups excluding carboxylic acids is 2. The molecule has 0 N–H and O–H groups in total. The normalized spacial score (nSPS) is 16.3. The molecule has 0 spiro atoms. The van der Waals surface area contributed by atoms with Crippen LogP contribution < -0.4 is 4.90 Å². The number of nitrogens with zero attached hydrogens (tertiary/aromatic N) is 1. The van der Waals surface area contributed by atoms with Crippen molar-refractivity contribution in [3.05, 3.63) is 29.8 Å². The summed E-state index contributed by atoms with van der Waals surface area (Å²) in [6, 6.07) is 3.53. The molecule has 3 nitrogen and oxygen atoms in total. The predicted molar refractivity (Wildman–Crippen MR) is 48.3 cm³/mol. The van der Waals surface area contributed by atoms with Crippen molar-refractivity contribution >= 4 is 17.4 Å². The van der Waals surface area contributed by atoms with E-state index in [0.29, 0.717) is 0 Å². The summed E-state index contributed by atoms with van der Waals surface area (Å²) in [6.45, 7) is 0.109. The van der Waals surface area contributed by atoms with Gasteiger partial charge in [-0.25, -0.2) is 8.78 Å². The van der Waals surface area contributed by atoms with Gasteiger partial charge in [-0.05, 0) is 12.1 Å². The molecule has 5 heteroatoms. The summed E-state index contributed by atoms with van der Waals surface area (Å²) in [5.74, 6) is -3.47. The Bertz CT molecular complexity index is 445. The molecule has 0 saturated carbocycles. The molecule has 0 bridgehead atoms. The van der Waals surface area contributed by atoms with Crippen molar-refractivity contribution < 1.29 is 18.4 Å². The molecule has 0 radical (unpaired) electrons. The number of anilines is 1. The fourth-order valence-corrected chi connectivity index (χ4v) is 1.50. The van der Waals surface area contributed by atoms with E-state index in [0.717, 1.165) is 11.0 Å². The lowest BCUT2D eigenvalue weighted by Crippen LogP contribution is -2.28. The van der Waals surface area contributed by atoms with Crippen molar-refractivity contribution in [2.75, 3.05) is 11.4 Å².